The summed E-state index contributed by atoms with van der Waals surface area (Å²) in [7, 11) is 1.89. The molecule has 0 aliphatic carbocycles. The summed E-state index contributed by atoms with van der Waals surface area (Å²) in [5.74, 6) is 1.62. The molecule has 4 nitrogen and oxygen atoms in total. The minimum Gasteiger partial charge on any atom is -0.453 e. The van der Waals surface area contributed by atoms with E-state index in [0.717, 1.165) is 27.0 Å². The highest BCUT2D eigenvalue weighted by atomic mass is 79.9. The number of thioether (sulfide) groups is 1. The first kappa shape index (κ1) is 11.8. The van der Waals surface area contributed by atoms with Crippen molar-refractivity contribution in [3.8, 4) is 0 Å². The van der Waals surface area contributed by atoms with E-state index in [1.165, 1.54) is 0 Å². The summed E-state index contributed by atoms with van der Waals surface area (Å²) in [6.45, 7) is 0.0103. The lowest BCUT2D eigenvalue weighted by Gasteiger charge is -2.02. The summed E-state index contributed by atoms with van der Waals surface area (Å²) in [6, 6.07) is 3.79. The van der Waals surface area contributed by atoms with E-state index >= 15 is 0 Å². The van der Waals surface area contributed by atoms with Crippen molar-refractivity contribution in [1.29, 1.82) is 0 Å². The van der Waals surface area contributed by atoms with Crippen LogP contribution in [0.5, 0.6) is 0 Å². The molecule has 6 heteroatoms. The Balaban J connectivity index is 2.02. The maximum Gasteiger partial charge on any atom is 0.169 e. The van der Waals surface area contributed by atoms with Gasteiger partial charge in [-0.2, -0.15) is 0 Å². The van der Waals surface area contributed by atoms with E-state index in [1.54, 1.807) is 18.0 Å². The van der Waals surface area contributed by atoms with Gasteiger partial charge in [0.15, 0.2) is 9.83 Å². The number of hydrogen-bond donors (Lipinski definition) is 1. The standard InChI is InChI=1S/C10H11BrN2O2S/c1-13-7(5-14)4-12-10(13)16-6-8-2-3-9(11)15-8/h2-4,14H,5-6H2,1H3. The quantitative estimate of drug-likeness (QED) is 0.882. The molecule has 0 radical (unpaired) electrons. The van der Waals surface area contributed by atoms with Crippen molar-refractivity contribution in [2.45, 2.75) is 17.5 Å². The van der Waals surface area contributed by atoms with Crippen LogP contribution in [0.25, 0.3) is 0 Å². The molecule has 0 aliphatic heterocycles. The van der Waals surface area contributed by atoms with Gasteiger partial charge in [-0.15, -0.1) is 0 Å². The van der Waals surface area contributed by atoms with Crippen LogP contribution in [0.3, 0.4) is 0 Å². The molecule has 16 heavy (non-hydrogen) atoms. The predicted molar refractivity (Wildman–Crippen MR) is 65.1 cm³/mol. The van der Waals surface area contributed by atoms with Gasteiger partial charge in [0.05, 0.1) is 24.3 Å². The minimum absolute atomic E-state index is 0.0103. The number of furan rings is 1. The number of imidazole rings is 1. The van der Waals surface area contributed by atoms with E-state index < -0.39 is 0 Å². The van der Waals surface area contributed by atoms with Crippen molar-refractivity contribution in [2.24, 2.45) is 7.05 Å². The van der Waals surface area contributed by atoms with Crippen LogP contribution in [0.15, 0.2) is 32.6 Å². The monoisotopic (exact) mass is 302 g/mol. The highest BCUT2D eigenvalue weighted by Crippen LogP contribution is 2.24. The number of aliphatic hydroxyl groups excluding tert-OH is 1. The molecule has 1 N–H and O–H groups in total. The number of rotatable bonds is 4. The van der Waals surface area contributed by atoms with Crippen LogP contribution >= 0.6 is 27.7 Å². The predicted octanol–water partition coefficient (Wildman–Crippen LogP) is 2.56. The molecule has 2 heterocycles. The summed E-state index contributed by atoms with van der Waals surface area (Å²) in [6.07, 6.45) is 1.68. The Bertz CT molecular complexity index is 481. The highest BCUT2D eigenvalue weighted by Gasteiger charge is 2.07. The van der Waals surface area contributed by atoms with E-state index in [9.17, 15) is 0 Å². The number of nitrogens with zero attached hydrogens (tertiary/aromatic N) is 2. The summed E-state index contributed by atoms with van der Waals surface area (Å²) in [5.41, 5.74) is 0.808. The van der Waals surface area contributed by atoms with Crippen molar-refractivity contribution in [2.75, 3.05) is 0 Å². The molecule has 0 fully saturated rings. The Morgan fingerprint density at radius 2 is 2.38 bits per heavy atom. The maximum absolute atomic E-state index is 9.03. The molecule has 2 rings (SSSR count). The van der Waals surface area contributed by atoms with Crippen LogP contribution in [0.1, 0.15) is 11.5 Å². The first-order chi connectivity index (χ1) is 7.70. The molecule has 0 saturated carbocycles. The molecule has 2 aromatic heterocycles. The van der Waals surface area contributed by atoms with Crippen LogP contribution in [0, 0.1) is 0 Å². The fraction of sp³-hybridized carbons (Fsp3) is 0.300. The lowest BCUT2D eigenvalue weighted by molar-refractivity contribution is 0.271. The van der Waals surface area contributed by atoms with Gasteiger partial charge in [-0.3, -0.25) is 0 Å². The maximum atomic E-state index is 9.03. The van der Waals surface area contributed by atoms with Crippen LogP contribution in [0.2, 0.25) is 0 Å². The van der Waals surface area contributed by atoms with Gasteiger partial charge < -0.3 is 14.1 Å². The fourth-order valence-corrected chi connectivity index (χ4v) is 2.48. The van der Waals surface area contributed by atoms with E-state index in [2.05, 4.69) is 20.9 Å². The van der Waals surface area contributed by atoms with Crippen molar-refractivity contribution in [1.82, 2.24) is 9.55 Å². The number of aromatic nitrogens is 2. The number of halogens is 1. The zero-order valence-corrected chi connectivity index (χ0v) is 11.1. The van der Waals surface area contributed by atoms with Crippen molar-refractivity contribution in [3.05, 3.63) is 34.5 Å². The minimum atomic E-state index is 0.0103. The Kier molecular flexibility index (Phi) is 3.73. The van der Waals surface area contributed by atoms with Gasteiger partial charge in [-0.25, -0.2) is 4.98 Å². The van der Waals surface area contributed by atoms with E-state index in [1.807, 2.05) is 23.7 Å². The number of hydrogen-bond acceptors (Lipinski definition) is 4. The molecule has 0 spiro atoms. The van der Waals surface area contributed by atoms with Crippen LogP contribution in [-0.2, 0) is 19.4 Å². The van der Waals surface area contributed by atoms with Crippen molar-refractivity contribution < 1.29 is 9.52 Å². The van der Waals surface area contributed by atoms with E-state index in [4.69, 9.17) is 9.52 Å². The molecule has 0 saturated heterocycles. The van der Waals surface area contributed by atoms with Crippen LogP contribution in [-0.4, -0.2) is 14.7 Å². The molecule has 0 bridgehead atoms. The average Bonchev–Trinajstić information content (AvgIpc) is 2.83. The van der Waals surface area contributed by atoms with Gasteiger partial charge in [-0.1, -0.05) is 11.8 Å². The Labute approximate surface area is 106 Å². The molecule has 2 aromatic rings. The van der Waals surface area contributed by atoms with Gasteiger partial charge in [0, 0.05) is 7.05 Å². The van der Waals surface area contributed by atoms with Gasteiger partial charge in [0.25, 0.3) is 0 Å². The van der Waals surface area contributed by atoms with Gasteiger partial charge >= 0.3 is 0 Å². The Hall–Kier alpha value is -0.720. The molecule has 0 aromatic carbocycles. The van der Waals surface area contributed by atoms with Crippen molar-refractivity contribution in [3.63, 3.8) is 0 Å². The zero-order chi connectivity index (χ0) is 11.5. The fourth-order valence-electron chi connectivity index (χ4n) is 1.27. The Morgan fingerprint density at radius 1 is 1.56 bits per heavy atom. The molecule has 0 amide bonds. The van der Waals surface area contributed by atoms with E-state index in [-0.39, 0.29) is 6.61 Å². The molecular formula is C10H11BrN2O2S. The second-order valence-electron chi connectivity index (χ2n) is 3.24. The van der Waals surface area contributed by atoms with Gasteiger partial charge in [0.1, 0.15) is 5.76 Å². The third-order valence-corrected chi connectivity index (χ3v) is 3.67. The first-order valence-electron chi connectivity index (χ1n) is 4.69. The Morgan fingerprint density at radius 3 is 2.94 bits per heavy atom. The number of aliphatic hydroxyl groups is 1. The third-order valence-electron chi connectivity index (χ3n) is 2.18. The lowest BCUT2D eigenvalue weighted by Crippen LogP contribution is -1.97. The average molecular weight is 303 g/mol. The molecule has 0 unspecified atom stereocenters. The largest absolute Gasteiger partial charge is 0.453 e. The normalized spacial score (nSPS) is 10.9. The molecule has 0 atom stereocenters. The molecule has 0 aliphatic rings. The summed E-state index contributed by atoms with van der Waals surface area (Å²) in [5, 5.41) is 9.90. The summed E-state index contributed by atoms with van der Waals surface area (Å²) < 4.78 is 8.00. The van der Waals surface area contributed by atoms with Crippen molar-refractivity contribution >= 4 is 27.7 Å². The first-order valence-corrected chi connectivity index (χ1v) is 6.47. The molecule has 86 valence electrons. The summed E-state index contributed by atoms with van der Waals surface area (Å²) in [4.78, 5) is 4.22. The van der Waals surface area contributed by atoms with Crippen LogP contribution in [0.4, 0.5) is 0 Å². The topological polar surface area (TPSA) is 51.2 Å². The third kappa shape index (κ3) is 2.50. The second-order valence-corrected chi connectivity index (χ2v) is 4.97. The lowest BCUT2D eigenvalue weighted by atomic mass is 10.5. The smallest absolute Gasteiger partial charge is 0.169 e. The molecular weight excluding hydrogens is 292 g/mol. The van der Waals surface area contributed by atoms with Gasteiger partial charge in [0.2, 0.25) is 0 Å². The van der Waals surface area contributed by atoms with Crippen LogP contribution < -0.4 is 0 Å². The van der Waals surface area contributed by atoms with Gasteiger partial charge in [-0.05, 0) is 28.1 Å². The second kappa shape index (κ2) is 5.07. The summed E-state index contributed by atoms with van der Waals surface area (Å²) >= 11 is 4.83. The van der Waals surface area contributed by atoms with E-state index in [0.29, 0.717) is 0 Å². The highest BCUT2D eigenvalue weighted by molar-refractivity contribution is 9.10. The zero-order valence-electron chi connectivity index (χ0n) is 8.68. The SMILES string of the molecule is Cn1c(CO)cnc1SCc1ccc(Br)o1.